The summed E-state index contributed by atoms with van der Waals surface area (Å²) in [6, 6.07) is 14.1. The predicted molar refractivity (Wildman–Crippen MR) is 105 cm³/mol. The van der Waals surface area contributed by atoms with E-state index in [0.717, 1.165) is 16.4 Å². The second-order valence-corrected chi connectivity index (χ2v) is 8.03. The molecule has 9 heteroatoms. The molecule has 6 nitrogen and oxygen atoms in total. The van der Waals surface area contributed by atoms with Crippen molar-refractivity contribution in [2.45, 2.75) is 4.90 Å². The van der Waals surface area contributed by atoms with Gasteiger partial charge in [-0.25, -0.2) is 12.8 Å². The fourth-order valence-electron chi connectivity index (χ4n) is 2.45. The van der Waals surface area contributed by atoms with Crippen molar-refractivity contribution in [3.63, 3.8) is 0 Å². The Morgan fingerprint density at radius 1 is 1.11 bits per heavy atom. The quantitative estimate of drug-likeness (QED) is 0.660. The SMILES string of the molecule is O=C(CN(c1ccc(F)cc1)S(=O)(=O)c1cccnc1)Nc1cccc(Cl)c1. The first-order chi connectivity index (χ1) is 13.4. The number of amides is 1. The van der Waals surface area contributed by atoms with Crippen LogP contribution in [0.1, 0.15) is 0 Å². The molecule has 0 atom stereocenters. The van der Waals surface area contributed by atoms with E-state index < -0.39 is 28.3 Å². The number of nitrogens with zero attached hydrogens (tertiary/aromatic N) is 2. The van der Waals surface area contributed by atoms with Gasteiger partial charge in [0.1, 0.15) is 17.3 Å². The van der Waals surface area contributed by atoms with E-state index in [1.54, 1.807) is 18.2 Å². The lowest BCUT2D eigenvalue weighted by molar-refractivity contribution is -0.114. The largest absolute Gasteiger partial charge is 0.324 e. The van der Waals surface area contributed by atoms with Crippen LogP contribution in [0.4, 0.5) is 15.8 Å². The number of aromatic nitrogens is 1. The lowest BCUT2D eigenvalue weighted by Gasteiger charge is -2.24. The molecule has 0 aliphatic carbocycles. The van der Waals surface area contributed by atoms with Gasteiger partial charge < -0.3 is 5.32 Å². The first-order valence-corrected chi connectivity index (χ1v) is 9.92. The Balaban J connectivity index is 1.92. The van der Waals surface area contributed by atoms with E-state index in [-0.39, 0.29) is 10.6 Å². The van der Waals surface area contributed by atoms with Gasteiger partial charge in [0.15, 0.2) is 0 Å². The molecular weight excluding hydrogens is 405 g/mol. The number of rotatable bonds is 6. The van der Waals surface area contributed by atoms with Gasteiger partial charge >= 0.3 is 0 Å². The van der Waals surface area contributed by atoms with E-state index in [0.29, 0.717) is 10.7 Å². The summed E-state index contributed by atoms with van der Waals surface area (Å²) in [5, 5.41) is 3.03. The van der Waals surface area contributed by atoms with E-state index in [1.165, 1.54) is 42.7 Å². The van der Waals surface area contributed by atoms with Crippen LogP contribution in [0.5, 0.6) is 0 Å². The van der Waals surface area contributed by atoms with Crippen molar-refractivity contribution >= 4 is 38.9 Å². The third-order valence-corrected chi connectivity index (χ3v) is 5.73. The molecule has 3 aromatic rings. The van der Waals surface area contributed by atoms with Crippen molar-refractivity contribution < 1.29 is 17.6 Å². The van der Waals surface area contributed by atoms with Gasteiger partial charge in [-0.05, 0) is 54.6 Å². The number of pyridine rings is 1. The minimum atomic E-state index is -4.10. The van der Waals surface area contributed by atoms with Crippen molar-refractivity contribution in [2.75, 3.05) is 16.2 Å². The normalized spacial score (nSPS) is 11.1. The zero-order valence-corrected chi connectivity index (χ0v) is 16.0. The maximum absolute atomic E-state index is 13.3. The van der Waals surface area contributed by atoms with Gasteiger partial charge in [0, 0.05) is 23.1 Å². The van der Waals surface area contributed by atoms with Crippen LogP contribution in [-0.4, -0.2) is 25.9 Å². The van der Waals surface area contributed by atoms with Gasteiger partial charge in [-0.2, -0.15) is 0 Å². The summed E-state index contributed by atoms with van der Waals surface area (Å²) >= 11 is 5.90. The minimum Gasteiger partial charge on any atom is -0.324 e. The van der Waals surface area contributed by atoms with Crippen LogP contribution >= 0.6 is 11.6 Å². The Morgan fingerprint density at radius 3 is 2.50 bits per heavy atom. The molecule has 1 N–H and O–H groups in total. The molecule has 0 saturated carbocycles. The summed E-state index contributed by atoms with van der Waals surface area (Å²) in [4.78, 5) is 16.2. The zero-order chi connectivity index (χ0) is 20.1. The fraction of sp³-hybridized carbons (Fsp3) is 0.0526. The van der Waals surface area contributed by atoms with E-state index in [4.69, 9.17) is 11.6 Å². The monoisotopic (exact) mass is 419 g/mol. The third-order valence-electron chi connectivity index (χ3n) is 3.73. The first kappa shape index (κ1) is 19.8. The van der Waals surface area contributed by atoms with Gasteiger partial charge in [0.2, 0.25) is 5.91 Å². The van der Waals surface area contributed by atoms with Crippen molar-refractivity contribution in [2.24, 2.45) is 0 Å². The molecule has 0 aliphatic heterocycles. The summed E-state index contributed by atoms with van der Waals surface area (Å²) in [6.45, 7) is -0.518. The Labute approximate surface area is 166 Å². The van der Waals surface area contributed by atoms with E-state index in [1.807, 2.05) is 0 Å². The second kappa shape index (κ2) is 8.37. The molecule has 1 aromatic heterocycles. The number of nitrogens with one attached hydrogen (secondary N) is 1. The Kier molecular flexibility index (Phi) is 5.91. The smallest absolute Gasteiger partial charge is 0.266 e. The number of hydrogen-bond donors (Lipinski definition) is 1. The van der Waals surface area contributed by atoms with Crippen LogP contribution in [0.15, 0.2) is 78.0 Å². The van der Waals surface area contributed by atoms with Crippen LogP contribution in [0.2, 0.25) is 5.02 Å². The lowest BCUT2D eigenvalue weighted by atomic mass is 10.3. The van der Waals surface area contributed by atoms with Crippen LogP contribution < -0.4 is 9.62 Å². The van der Waals surface area contributed by atoms with Crippen LogP contribution in [0, 0.1) is 5.82 Å². The van der Waals surface area contributed by atoms with Crippen molar-refractivity contribution in [1.82, 2.24) is 4.98 Å². The van der Waals surface area contributed by atoms with Gasteiger partial charge in [-0.3, -0.25) is 14.1 Å². The second-order valence-electron chi connectivity index (χ2n) is 5.74. The molecule has 3 rings (SSSR count). The number of carbonyl (C=O) groups is 1. The highest BCUT2D eigenvalue weighted by molar-refractivity contribution is 7.92. The van der Waals surface area contributed by atoms with Gasteiger partial charge in [-0.1, -0.05) is 17.7 Å². The van der Waals surface area contributed by atoms with Gasteiger partial charge in [0.25, 0.3) is 10.0 Å². The molecule has 0 unspecified atom stereocenters. The number of sulfonamides is 1. The van der Waals surface area contributed by atoms with E-state index in [2.05, 4.69) is 10.3 Å². The summed E-state index contributed by atoms with van der Waals surface area (Å²) in [5.41, 5.74) is 0.571. The van der Waals surface area contributed by atoms with Crippen LogP contribution in [-0.2, 0) is 14.8 Å². The minimum absolute atomic E-state index is 0.0881. The molecule has 0 fully saturated rings. The third kappa shape index (κ3) is 4.65. The number of benzene rings is 2. The molecule has 2 aromatic carbocycles. The van der Waals surface area contributed by atoms with Crippen LogP contribution in [0.25, 0.3) is 0 Å². The van der Waals surface area contributed by atoms with Gasteiger partial charge in [0.05, 0.1) is 5.69 Å². The van der Waals surface area contributed by atoms with E-state index in [9.17, 15) is 17.6 Å². The molecule has 28 heavy (non-hydrogen) atoms. The number of carbonyl (C=O) groups excluding carboxylic acids is 1. The molecule has 0 bridgehead atoms. The molecular formula is C19H15ClFN3O3S. The van der Waals surface area contributed by atoms with Crippen molar-refractivity contribution in [3.05, 3.63) is 83.9 Å². The molecule has 0 aliphatic rings. The Bertz CT molecular complexity index is 1080. The highest BCUT2D eigenvalue weighted by atomic mass is 35.5. The topological polar surface area (TPSA) is 79.4 Å². The summed E-state index contributed by atoms with van der Waals surface area (Å²) in [6.07, 6.45) is 2.62. The maximum Gasteiger partial charge on any atom is 0.266 e. The highest BCUT2D eigenvalue weighted by Crippen LogP contribution is 2.24. The number of anilines is 2. The number of hydrogen-bond acceptors (Lipinski definition) is 4. The molecule has 0 spiro atoms. The molecule has 0 radical (unpaired) electrons. The standard InChI is InChI=1S/C19H15ClFN3O3S/c20-14-3-1-4-16(11-14)23-19(25)13-24(17-8-6-15(21)7-9-17)28(26,27)18-5-2-10-22-12-18/h1-12H,13H2,(H,23,25). The van der Waals surface area contributed by atoms with Crippen molar-refractivity contribution in [1.29, 1.82) is 0 Å². The van der Waals surface area contributed by atoms with Crippen molar-refractivity contribution in [3.8, 4) is 0 Å². The molecule has 1 heterocycles. The van der Waals surface area contributed by atoms with E-state index >= 15 is 0 Å². The first-order valence-electron chi connectivity index (χ1n) is 8.10. The average molecular weight is 420 g/mol. The highest BCUT2D eigenvalue weighted by Gasteiger charge is 2.27. The Morgan fingerprint density at radius 2 is 1.86 bits per heavy atom. The zero-order valence-electron chi connectivity index (χ0n) is 14.4. The van der Waals surface area contributed by atoms with Crippen LogP contribution in [0.3, 0.4) is 0 Å². The number of halogens is 2. The average Bonchev–Trinajstić information content (AvgIpc) is 2.67. The maximum atomic E-state index is 13.3. The Hall–Kier alpha value is -2.97. The molecule has 1 amide bonds. The van der Waals surface area contributed by atoms with Gasteiger partial charge in [-0.15, -0.1) is 0 Å². The fourth-order valence-corrected chi connectivity index (χ4v) is 4.02. The lowest BCUT2D eigenvalue weighted by Crippen LogP contribution is -2.38. The molecule has 144 valence electrons. The molecule has 0 saturated heterocycles. The summed E-state index contributed by atoms with van der Waals surface area (Å²) in [7, 11) is -4.10. The summed E-state index contributed by atoms with van der Waals surface area (Å²) in [5.74, 6) is -1.11. The predicted octanol–water partition coefficient (Wildman–Crippen LogP) is 3.71. The summed E-state index contributed by atoms with van der Waals surface area (Å²) < 4.78 is 40.3.